The number of aryl methyl sites for hydroxylation is 1. The Morgan fingerprint density at radius 2 is 2.14 bits per heavy atom. The third-order valence-electron chi connectivity index (χ3n) is 2.23. The highest BCUT2D eigenvalue weighted by Gasteiger charge is 2.14. The minimum atomic E-state index is 0.412. The molecule has 1 heterocycles. The third kappa shape index (κ3) is 2.29. The van der Waals surface area contributed by atoms with Crippen LogP contribution in [0.3, 0.4) is 0 Å². The van der Waals surface area contributed by atoms with E-state index in [0.29, 0.717) is 5.92 Å². The summed E-state index contributed by atoms with van der Waals surface area (Å²) in [5.74, 6) is 1.16. The minimum Gasteiger partial charge on any atom is -0.383 e. The number of unbranched alkanes of at least 4 members (excludes halogenated alkanes) is 1. The molecule has 1 aromatic heterocycles. The lowest BCUT2D eigenvalue weighted by molar-refractivity contribution is 0.567. The van der Waals surface area contributed by atoms with Crippen molar-refractivity contribution in [2.45, 2.75) is 46.1 Å². The molecule has 0 aliphatic heterocycles. The van der Waals surface area contributed by atoms with Gasteiger partial charge in [0.1, 0.15) is 5.82 Å². The summed E-state index contributed by atoms with van der Waals surface area (Å²) in [6.07, 6.45) is 2.28. The molecule has 0 saturated carbocycles. The SMILES string of the molecule is CCCCn1nc(C(C)C)c(Br)c1N. The van der Waals surface area contributed by atoms with Crippen LogP contribution in [-0.2, 0) is 6.54 Å². The van der Waals surface area contributed by atoms with Crippen LogP contribution in [-0.4, -0.2) is 9.78 Å². The Morgan fingerprint density at radius 1 is 1.50 bits per heavy atom. The van der Waals surface area contributed by atoms with Crippen molar-refractivity contribution >= 4 is 21.7 Å². The molecule has 14 heavy (non-hydrogen) atoms. The van der Waals surface area contributed by atoms with Crippen molar-refractivity contribution in [2.75, 3.05) is 5.73 Å². The first-order chi connectivity index (χ1) is 6.57. The summed E-state index contributed by atoms with van der Waals surface area (Å²) in [7, 11) is 0. The molecule has 1 rings (SSSR count). The lowest BCUT2D eigenvalue weighted by Crippen LogP contribution is -2.04. The van der Waals surface area contributed by atoms with Crippen LogP contribution in [0.2, 0.25) is 0 Å². The lowest BCUT2D eigenvalue weighted by Gasteiger charge is -2.01. The normalized spacial score (nSPS) is 11.2. The van der Waals surface area contributed by atoms with E-state index in [-0.39, 0.29) is 0 Å². The molecule has 0 bridgehead atoms. The van der Waals surface area contributed by atoms with E-state index in [1.165, 1.54) is 0 Å². The Bertz CT molecular complexity index is 305. The van der Waals surface area contributed by atoms with E-state index < -0.39 is 0 Å². The molecular formula is C10H18BrN3. The topological polar surface area (TPSA) is 43.8 Å². The summed E-state index contributed by atoms with van der Waals surface area (Å²) >= 11 is 3.49. The second-order valence-electron chi connectivity index (χ2n) is 3.82. The Balaban J connectivity index is 2.91. The molecule has 3 nitrogen and oxygen atoms in total. The molecule has 0 radical (unpaired) electrons. The molecule has 1 aromatic rings. The van der Waals surface area contributed by atoms with E-state index >= 15 is 0 Å². The molecule has 4 heteroatoms. The maximum absolute atomic E-state index is 5.94. The minimum absolute atomic E-state index is 0.412. The molecule has 0 aliphatic rings. The average Bonchev–Trinajstić information content (AvgIpc) is 2.42. The molecule has 2 N–H and O–H groups in total. The molecule has 0 saturated heterocycles. The van der Waals surface area contributed by atoms with Gasteiger partial charge in [-0.3, -0.25) is 0 Å². The molecule has 0 spiro atoms. The van der Waals surface area contributed by atoms with E-state index in [1.54, 1.807) is 0 Å². The predicted octanol–water partition coefficient (Wildman–Crippen LogP) is 3.15. The summed E-state index contributed by atoms with van der Waals surface area (Å²) in [6, 6.07) is 0. The van der Waals surface area contributed by atoms with Crippen LogP contribution in [0, 0.1) is 0 Å². The van der Waals surface area contributed by atoms with Crippen LogP contribution in [0.1, 0.15) is 45.2 Å². The Hall–Kier alpha value is -0.510. The zero-order valence-corrected chi connectivity index (χ0v) is 10.6. The number of hydrogen-bond donors (Lipinski definition) is 1. The number of nitrogens with zero attached hydrogens (tertiary/aromatic N) is 2. The van der Waals surface area contributed by atoms with Gasteiger partial charge in [0.05, 0.1) is 10.2 Å². The smallest absolute Gasteiger partial charge is 0.136 e. The van der Waals surface area contributed by atoms with Crippen LogP contribution in [0.5, 0.6) is 0 Å². The van der Waals surface area contributed by atoms with E-state index in [9.17, 15) is 0 Å². The zero-order valence-electron chi connectivity index (χ0n) is 9.05. The van der Waals surface area contributed by atoms with Crippen LogP contribution in [0.25, 0.3) is 0 Å². The molecule has 0 aromatic carbocycles. The number of rotatable bonds is 4. The summed E-state index contributed by atoms with van der Waals surface area (Å²) in [5, 5.41) is 4.49. The van der Waals surface area contributed by atoms with Gasteiger partial charge in [0, 0.05) is 6.54 Å². The monoisotopic (exact) mass is 259 g/mol. The number of nitrogens with two attached hydrogens (primary N) is 1. The van der Waals surface area contributed by atoms with Gasteiger partial charge < -0.3 is 5.73 Å². The van der Waals surface area contributed by atoms with Gasteiger partial charge in [-0.25, -0.2) is 4.68 Å². The van der Waals surface area contributed by atoms with Crippen molar-refractivity contribution in [1.29, 1.82) is 0 Å². The number of anilines is 1. The summed E-state index contributed by atoms with van der Waals surface area (Å²) in [5.41, 5.74) is 6.99. The van der Waals surface area contributed by atoms with Crippen LogP contribution >= 0.6 is 15.9 Å². The van der Waals surface area contributed by atoms with E-state index in [0.717, 1.165) is 35.4 Å². The van der Waals surface area contributed by atoms with Gasteiger partial charge in [-0.05, 0) is 28.3 Å². The molecule has 80 valence electrons. The van der Waals surface area contributed by atoms with Crippen molar-refractivity contribution in [2.24, 2.45) is 0 Å². The van der Waals surface area contributed by atoms with Gasteiger partial charge in [0.15, 0.2) is 0 Å². The molecule has 0 aliphatic carbocycles. The summed E-state index contributed by atoms with van der Waals surface area (Å²) in [6.45, 7) is 7.32. The number of hydrogen-bond acceptors (Lipinski definition) is 2. The fraction of sp³-hybridized carbons (Fsp3) is 0.700. The number of halogens is 1. The highest BCUT2D eigenvalue weighted by atomic mass is 79.9. The quantitative estimate of drug-likeness (QED) is 0.903. The maximum Gasteiger partial charge on any atom is 0.136 e. The predicted molar refractivity (Wildman–Crippen MR) is 63.3 cm³/mol. The Morgan fingerprint density at radius 3 is 2.57 bits per heavy atom. The van der Waals surface area contributed by atoms with Gasteiger partial charge in [-0.2, -0.15) is 5.10 Å². The third-order valence-corrected chi connectivity index (χ3v) is 3.04. The highest BCUT2D eigenvalue weighted by Crippen LogP contribution is 2.29. The summed E-state index contributed by atoms with van der Waals surface area (Å²) < 4.78 is 2.85. The second-order valence-corrected chi connectivity index (χ2v) is 4.61. The van der Waals surface area contributed by atoms with Gasteiger partial charge >= 0.3 is 0 Å². The van der Waals surface area contributed by atoms with Crippen molar-refractivity contribution in [3.05, 3.63) is 10.2 Å². The van der Waals surface area contributed by atoms with Crippen LogP contribution in [0.15, 0.2) is 4.47 Å². The van der Waals surface area contributed by atoms with Gasteiger partial charge in [0.2, 0.25) is 0 Å². The molecule has 0 unspecified atom stereocenters. The average molecular weight is 260 g/mol. The summed E-state index contributed by atoms with van der Waals surface area (Å²) in [4.78, 5) is 0. The van der Waals surface area contributed by atoms with Gasteiger partial charge in [0.25, 0.3) is 0 Å². The first-order valence-corrected chi connectivity index (χ1v) is 5.88. The molecule has 0 fully saturated rings. The standard InChI is InChI=1S/C10H18BrN3/c1-4-5-6-14-10(12)8(11)9(13-14)7(2)3/h7H,4-6,12H2,1-3H3. The van der Waals surface area contributed by atoms with Gasteiger partial charge in [-0.15, -0.1) is 0 Å². The number of aromatic nitrogens is 2. The van der Waals surface area contributed by atoms with E-state index in [2.05, 4.69) is 41.8 Å². The fourth-order valence-corrected chi connectivity index (χ4v) is 2.06. The second kappa shape index (κ2) is 4.82. The fourth-order valence-electron chi connectivity index (χ4n) is 1.32. The van der Waals surface area contributed by atoms with E-state index in [4.69, 9.17) is 5.73 Å². The maximum atomic E-state index is 5.94. The van der Waals surface area contributed by atoms with E-state index in [1.807, 2.05) is 4.68 Å². The molecule has 0 atom stereocenters. The largest absolute Gasteiger partial charge is 0.383 e. The van der Waals surface area contributed by atoms with Crippen molar-refractivity contribution in [3.8, 4) is 0 Å². The first-order valence-electron chi connectivity index (χ1n) is 5.09. The van der Waals surface area contributed by atoms with Crippen LogP contribution < -0.4 is 5.73 Å². The molecule has 0 amide bonds. The van der Waals surface area contributed by atoms with Crippen molar-refractivity contribution in [3.63, 3.8) is 0 Å². The number of nitrogen functional groups attached to an aromatic ring is 1. The van der Waals surface area contributed by atoms with Crippen molar-refractivity contribution in [1.82, 2.24) is 9.78 Å². The Labute approximate surface area is 93.8 Å². The van der Waals surface area contributed by atoms with Crippen LogP contribution in [0.4, 0.5) is 5.82 Å². The van der Waals surface area contributed by atoms with Crippen molar-refractivity contribution < 1.29 is 0 Å². The van der Waals surface area contributed by atoms with Gasteiger partial charge in [-0.1, -0.05) is 27.2 Å². The first kappa shape index (κ1) is 11.6. The lowest BCUT2D eigenvalue weighted by atomic mass is 10.1. The zero-order chi connectivity index (χ0) is 10.7. The Kier molecular flexibility index (Phi) is 3.98. The highest BCUT2D eigenvalue weighted by molar-refractivity contribution is 9.10. The molecular weight excluding hydrogens is 242 g/mol.